The Bertz CT molecular complexity index is 1270. The maximum Gasteiger partial charge on any atom is 0.265 e. The summed E-state index contributed by atoms with van der Waals surface area (Å²) >= 11 is 0. The van der Waals surface area contributed by atoms with E-state index in [0.29, 0.717) is 18.1 Å². The van der Waals surface area contributed by atoms with E-state index in [1.54, 1.807) is 24.5 Å². The van der Waals surface area contributed by atoms with Crippen LogP contribution in [0, 0.1) is 0 Å². The first kappa shape index (κ1) is 18.9. The van der Waals surface area contributed by atoms with Crippen molar-refractivity contribution >= 4 is 34.1 Å². The zero-order valence-electron chi connectivity index (χ0n) is 17.2. The Morgan fingerprint density at radius 1 is 1.13 bits per heavy atom. The molecule has 0 unspecified atom stereocenters. The van der Waals surface area contributed by atoms with Gasteiger partial charge in [0.05, 0.1) is 37.4 Å². The zero-order chi connectivity index (χ0) is 21.4. The number of fused-ring (bicyclic) bond motifs is 2. The summed E-state index contributed by atoms with van der Waals surface area (Å²) < 4.78 is 12.9. The number of nitrogens with one attached hydrogen (secondary N) is 1. The van der Waals surface area contributed by atoms with Crippen molar-refractivity contribution in [3.63, 3.8) is 0 Å². The van der Waals surface area contributed by atoms with Gasteiger partial charge >= 0.3 is 0 Å². The average Bonchev–Trinajstić information content (AvgIpc) is 3.16. The van der Waals surface area contributed by atoms with Gasteiger partial charge in [-0.3, -0.25) is 4.79 Å². The molecule has 0 atom stereocenters. The minimum atomic E-state index is -0.0765. The smallest absolute Gasteiger partial charge is 0.265 e. The van der Waals surface area contributed by atoms with Crippen molar-refractivity contribution in [2.75, 3.05) is 23.9 Å². The number of carbonyl (C=O) groups is 1. The number of pyridine rings is 1. The number of aromatic nitrogens is 3. The van der Waals surface area contributed by atoms with Crippen molar-refractivity contribution in [3.8, 4) is 11.5 Å². The van der Waals surface area contributed by atoms with Gasteiger partial charge in [0.2, 0.25) is 0 Å². The third-order valence-electron chi connectivity index (χ3n) is 5.29. The van der Waals surface area contributed by atoms with E-state index >= 15 is 0 Å². The first-order valence-corrected chi connectivity index (χ1v) is 9.85. The lowest BCUT2D eigenvalue weighted by Gasteiger charge is -2.30. The maximum absolute atomic E-state index is 12.5. The van der Waals surface area contributed by atoms with Gasteiger partial charge in [0, 0.05) is 24.9 Å². The summed E-state index contributed by atoms with van der Waals surface area (Å²) in [5, 5.41) is 3.30. The average molecular weight is 415 g/mol. The van der Waals surface area contributed by atoms with Crippen molar-refractivity contribution in [1.82, 2.24) is 14.5 Å². The molecule has 0 fully saturated rings. The van der Waals surface area contributed by atoms with Crippen LogP contribution in [-0.4, -0.2) is 34.2 Å². The van der Waals surface area contributed by atoms with Crippen LogP contribution in [0.25, 0.3) is 11.0 Å². The normalized spacial score (nSPS) is 13.1. The molecule has 1 N–H and O–H groups in total. The number of aryl methyl sites for hydroxylation is 1. The second kappa shape index (κ2) is 7.64. The summed E-state index contributed by atoms with van der Waals surface area (Å²) in [4.78, 5) is 23.0. The van der Waals surface area contributed by atoms with Gasteiger partial charge in [-0.1, -0.05) is 12.1 Å². The van der Waals surface area contributed by atoms with Crippen molar-refractivity contribution in [2.24, 2.45) is 7.05 Å². The molecular weight excluding hydrogens is 394 g/mol. The van der Waals surface area contributed by atoms with Gasteiger partial charge in [-0.05, 0) is 29.8 Å². The van der Waals surface area contributed by atoms with Crippen molar-refractivity contribution in [3.05, 3.63) is 66.6 Å². The molecule has 1 aliphatic heterocycles. The van der Waals surface area contributed by atoms with E-state index in [4.69, 9.17) is 9.47 Å². The minimum absolute atomic E-state index is 0.00579. The van der Waals surface area contributed by atoms with Gasteiger partial charge in [0.15, 0.2) is 6.61 Å². The Kier molecular flexibility index (Phi) is 4.66. The predicted molar refractivity (Wildman–Crippen MR) is 118 cm³/mol. The van der Waals surface area contributed by atoms with Crippen LogP contribution in [0.2, 0.25) is 0 Å². The Morgan fingerprint density at radius 2 is 1.97 bits per heavy atom. The van der Waals surface area contributed by atoms with Crippen LogP contribution in [0.15, 0.2) is 61.1 Å². The molecule has 2 aromatic carbocycles. The van der Waals surface area contributed by atoms with Crippen LogP contribution in [0.5, 0.6) is 11.5 Å². The Labute approximate surface area is 179 Å². The number of hydrogen-bond donors (Lipinski definition) is 1. The number of imidazole rings is 1. The first-order chi connectivity index (χ1) is 15.1. The minimum Gasteiger partial charge on any atom is -0.497 e. The summed E-state index contributed by atoms with van der Waals surface area (Å²) in [6, 6.07) is 15.3. The number of anilines is 3. The number of methoxy groups -OCH3 is 1. The van der Waals surface area contributed by atoms with E-state index < -0.39 is 0 Å². The fourth-order valence-electron chi connectivity index (χ4n) is 3.62. The highest BCUT2D eigenvalue weighted by molar-refractivity contribution is 5.98. The maximum atomic E-state index is 12.5. The fraction of sp³-hybridized carbons (Fsp3) is 0.174. The van der Waals surface area contributed by atoms with E-state index in [2.05, 4.69) is 15.3 Å². The molecule has 2 aromatic heterocycles. The highest BCUT2D eigenvalue weighted by atomic mass is 16.5. The van der Waals surface area contributed by atoms with E-state index in [9.17, 15) is 4.79 Å². The van der Waals surface area contributed by atoms with Crippen LogP contribution in [-0.2, 0) is 18.4 Å². The quantitative estimate of drug-likeness (QED) is 0.536. The molecule has 5 rings (SSSR count). The van der Waals surface area contributed by atoms with Gasteiger partial charge in [-0.15, -0.1) is 0 Å². The van der Waals surface area contributed by atoms with Crippen LogP contribution in [0.3, 0.4) is 0 Å². The fourth-order valence-corrected chi connectivity index (χ4v) is 3.62. The van der Waals surface area contributed by atoms with E-state index in [1.807, 2.05) is 60.1 Å². The van der Waals surface area contributed by atoms with Gasteiger partial charge in [-0.25, -0.2) is 9.97 Å². The van der Waals surface area contributed by atoms with Crippen LogP contribution in [0.1, 0.15) is 5.56 Å². The topological polar surface area (TPSA) is 81.5 Å². The number of rotatable bonds is 5. The van der Waals surface area contributed by atoms with Crippen molar-refractivity contribution in [2.45, 2.75) is 6.54 Å². The molecule has 0 aliphatic carbocycles. The van der Waals surface area contributed by atoms with Crippen LogP contribution < -0.4 is 19.7 Å². The molecule has 0 radical (unpaired) electrons. The van der Waals surface area contributed by atoms with Gasteiger partial charge < -0.3 is 24.3 Å². The number of carbonyl (C=O) groups excluding carboxylic acids is 1. The molecule has 0 saturated heterocycles. The highest BCUT2D eigenvalue weighted by Crippen LogP contribution is 2.36. The van der Waals surface area contributed by atoms with E-state index in [-0.39, 0.29) is 12.5 Å². The molecule has 0 spiro atoms. The lowest BCUT2D eigenvalue weighted by atomic mass is 10.1. The first-order valence-electron chi connectivity index (χ1n) is 9.85. The van der Waals surface area contributed by atoms with Crippen LogP contribution in [0.4, 0.5) is 17.2 Å². The standard InChI is InChI=1S/C23H21N5O3/c1-27-14-25-18-11-24-22(10-20(18)27)26-16-5-8-19-21(9-16)31-13-23(29)28(19)12-15-3-6-17(30-2)7-4-15/h3-11,14H,12-13H2,1-2H3,(H,24,26). The Morgan fingerprint density at radius 3 is 2.77 bits per heavy atom. The number of benzene rings is 2. The largest absolute Gasteiger partial charge is 0.497 e. The SMILES string of the molecule is COc1ccc(CN2C(=O)COc3cc(Nc4cc5c(cn4)ncn5C)ccc32)cc1. The molecule has 3 heterocycles. The molecule has 4 aromatic rings. The second-order valence-corrected chi connectivity index (χ2v) is 7.34. The summed E-state index contributed by atoms with van der Waals surface area (Å²) in [6.07, 6.45) is 3.50. The molecular formula is C23H21N5O3. The highest BCUT2D eigenvalue weighted by Gasteiger charge is 2.26. The molecule has 8 heteroatoms. The van der Waals surface area contributed by atoms with Crippen molar-refractivity contribution < 1.29 is 14.3 Å². The second-order valence-electron chi connectivity index (χ2n) is 7.34. The number of nitrogens with zero attached hydrogens (tertiary/aromatic N) is 4. The summed E-state index contributed by atoms with van der Waals surface area (Å²) in [5.74, 6) is 2.07. The Hall–Kier alpha value is -4.07. The predicted octanol–water partition coefficient (Wildman–Crippen LogP) is 3.65. The summed E-state index contributed by atoms with van der Waals surface area (Å²) in [5.41, 5.74) is 4.41. The summed E-state index contributed by atoms with van der Waals surface area (Å²) in [6.45, 7) is 0.469. The monoisotopic (exact) mass is 415 g/mol. The van der Waals surface area contributed by atoms with Gasteiger partial charge in [0.1, 0.15) is 22.8 Å². The van der Waals surface area contributed by atoms with E-state index in [0.717, 1.165) is 33.7 Å². The lowest BCUT2D eigenvalue weighted by Crippen LogP contribution is -2.38. The van der Waals surface area contributed by atoms with Gasteiger partial charge in [-0.2, -0.15) is 0 Å². The molecule has 156 valence electrons. The number of hydrogen-bond acceptors (Lipinski definition) is 6. The lowest BCUT2D eigenvalue weighted by molar-refractivity contribution is -0.121. The van der Waals surface area contributed by atoms with Crippen molar-refractivity contribution in [1.29, 1.82) is 0 Å². The molecule has 1 aliphatic rings. The molecule has 0 saturated carbocycles. The zero-order valence-corrected chi connectivity index (χ0v) is 17.2. The molecule has 0 bridgehead atoms. The number of amides is 1. The number of ether oxygens (including phenoxy) is 2. The molecule has 31 heavy (non-hydrogen) atoms. The van der Waals surface area contributed by atoms with Crippen LogP contribution >= 0.6 is 0 Å². The third kappa shape index (κ3) is 3.63. The summed E-state index contributed by atoms with van der Waals surface area (Å²) in [7, 11) is 3.58. The Balaban J connectivity index is 1.39. The van der Waals surface area contributed by atoms with E-state index in [1.165, 1.54) is 0 Å². The third-order valence-corrected chi connectivity index (χ3v) is 5.29. The molecule has 8 nitrogen and oxygen atoms in total. The van der Waals surface area contributed by atoms with Gasteiger partial charge in [0.25, 0.3) is 5.91 Å². The molecule has 1 amide bonds.